The molecule has 3 unspecified atom stereocenters. The molecule has 1 aliphatic carbocycles. The van der Waals surface area contributed by atoms with Gasteiger partial charge in [0, 0.05) is 6.54 Å². The van der Waals surface area contributed by atoms with Gasteiger partial charge in [0.25, 0.3) is 0 Å². The van der Waals surface area contributed by atoms with E-state index in [1.807, 2.05) is 30.3 Å². The van der Waals surface area contributed by atoms with Gasteiger partial charge in [0.05, 0.1) is 12.5 Å². The fraction of sp³-hybridized carbons (Fsp3) is 0.588. The fourth-order valence-corrected chi connectivity index (χ4v) is 2.98. The summed E-state index contributed by atoms with van der Waals surface area (Å²) in [5, 5.41) is 13.0. The quantitative estimate of drug-likeness (QED) is 0.867. The van der Waals surface area contributed by atoms with E-state index in [2.05, 4.69) is 12.2 Å². The summed E-state index contributed by atoms with van der Waals surface area (Å²) in [6.07, 6.45) is 4.51. The van der Waals surface area contributed by atoms with E-state index >= 15 is 0 Å². The monoisotopic (exact) mass is 275 g/mol. The van der Waals surface area contributed by atoms with Crippen LogP contribution in [-0.2, 0) is 4.79 Å². The molecule has 2 N–H and O–H groups in total. The highest BCUT2D eigenvalue weighted by molar-refractivity contribution is 5.76. The third-order valence-electron chi connectivity index (χ3n) is 4.41. The molecular weight excluding hydrogens is 250 g/mol. The highest BCUT2D eigenvalue weighted by Gasteiger charge is 2.22. The largest absolute Gasteiger partial charge is 0.388 e. The summed E-state index contributed by atoms with van der Waals surface area (Å²) in [7, 11) is 0. The molecule has 1 aliphatic rings. The number of benzene rings is 1. The topological polar surface area (TPSA) is 49.3 Å². The van der Waals surface area contributed by atoms with E-state index in [0.29, 0.717) is 11.8 Å². The lowest BCUT2D eigenvalue weighted by molar-refractivity contribution is -0.123. The SMILES string of the molecule is CC1CCCCC1CNC(=O)CC(O)c1ccccc1. The predicted octanol–water partition coefficient (Wildman–Crippen LogP) is 3.05. The zero-order valence-electron chi connectivity index (χ0n) is 12.2. The zero-order valence-corrected chi connectivity index (χ0v) is 12.2. The number of nitrogens with one attached hydrogen (secondary N) is 1. The molecule has 0 saturated heterocycles. The van der Waals surface area contributed by atoms with Gasteiger partial charge in [-0.3, -0.25) is 4.79 Å². The van der Waals surface area contributed by atoms with E-state index in [0.717, 1.165) is 12.1 Å². The summed E-state index contributed by atoms with van der Waals surface area (Å²) in [4.78, 5) is 11.9. The maximum absolute atomic E-state index is 11.9. The molecule has 1 amide bonds. The fourth-order valence-electron chi connectivity index (χ4n) is 2.98. The van der Waals surface area contributed by atoms with Crippen LogP contribution in [0.25, 0.3) is 0 Å². The van der Waals surface area contributed by atoms with Gasteiger partial charge in [0.2, 0.25) is 5.91 Å². The molecule has 0 aromatic heterocycles. The summed E-state index contributed by atoms with van der Waals surface area (Å²) >= 11 is 0. The Morgan fingerprint density at radius 3 is 2.70 bits per heavy atom. The van der Waals surface area contributed by atoms with Gasteiger partial charge in [-0.2, -0.15) is 0 Å². The molecular formula is C17H25NO2. The number of carbonyl (C=O) groups is 1. The first kappa shape index (κ1) is 15.0. The van der Waals surface area contributed by atoms with Crippen molar-refractivity contribution < 1.29 is 9.90 Å². The highest BCUT2D eigenvalue weighted by Crippen LogP contribution is 2.28. The Balaban J connectivity index is 1.75. The minimum absolute atomic E-state index is 0.0564. The molecule has 0 radical (unpaired) electrons. The third-order valence-corrected chi connectivity index (χ3v) is 4.41. The molecule has 1 saturated carbocycles. The Morgan fingerprint density at radius 2 is 2.00 bits per heavy atom. The number of aliphatic hydroxyl groups excluding tert-OH is 1. The molecule has 0 spiro atoms. The average Bonchev–Trinajstić information content (AvgIpc) is 2.47. The molecule has 3 atom stereocenters. The number of rotatable bonds is 5. The van der Waals surface area contributed by atoms with Crippen molar-refractivity contribution >= 4 is 5.91 Å². The van der Waals surface area contributed by atoms with Crippen molar-refractivity contribution in [3.05, 3.63) is 35.9 Å². The van der Waals surface area contributed by atoms with Crippen LogP contribution in [0.5, 0.6) is 0 Å². The van der Waals surface area contributed by atoms with Crippen LogP contribution >= 0.6 is 0 Å². The second-order valence-corrected chi connectivity index (χ2v) is 5.96. The number of hydrogen-bond donors (Lipinski definition) is 2. The van der Waals surface area contributed by atoms with Gasteiger partial charge in [-0.05, 0) is 23.8 Å². The summed E-state index contributed by atoms with van der Waals surface area (Å²) < 4.78 is 0. The van der Waals surface area contributed by atoms with Gasteiger partial charge < -0.3 is 10.4 Å². The van der Waals surface area contributed by atoms with E-state index in [1.54, 1.807) is 0 Å². The summed E-state index contributed by atoms with van der Waals surface area (Å²) in [6.45, 7) is 3.02. The van der Waals surface area contributed by atoms with Gasteiger partial charge in [0.1, 0.15) is 0 Å². The summed E-state index contributed by atoms with van der Waals surface area (Å²) in [5.74, 6) is 1.24. The molecule has 20 heavy (non-hydrogen) atoms. The van der Waals surface area contributed by atoms with Crippen LogP contribution in [0.1, 0.15) is 50.7 Å². The van der Waals surface area contributed by atoms with Crippen LogP contribution in [0.4, 0.5) is 0 Å². The molecule has 3 nitrogen and oxygen atoms in total. The van der Waals surface area contributed by atoms with Crippen molar-refractivity contribution in [2.45, 2.75) is 45.1 Å². The van der Waals surface area contributed by atoms with Gasteiger partial charge in [-0.25, -0.2) is 0 Å². The van der Waals surface area contributed by atoms with Gasteiger partial charge in [-0.1, -0.05) is 56.5 Å². The maximum Gasteiger partial charge on any atom is 0.222 e. The van der Waals surface area contributed by atoms with Crippen molar-refractivity contribution in [1.82, 2.24) is 5.32 Å². The standard InChI is InChI=1S/C17H25NO2/c1-13-7-5-6-10-15(13)12-18-17(20)11-16(19)14-8-3-2-4-9-14/h2-4,8-9,13,15-16,19H,5-7,10-12H2,1H3,(H,18,20). The van der Waals surface area contributed by atoms with Crippen LogP contribution in [0.15, 0.2) is 30.3 Å². The van der Waals surface area contributed by atoms with E-state index < -0.39 is 6.10 Å². The predicted molar refractivity (Wildman–Crippen MR) is 80.2 cm³/mol. The Morgan fingerprint density at radius 1 is 1.30 bits per heavy atom. The van der Waals surface area contributed by atoms with Gasteiger partial charge in [0.15, 0.2) is 0 Å². The van der Waals surface area contributed by atoms with E-state index in [9.17, 15) is 9.90 Å². The lowest BCUT2D eigenvalue weighted by Gasteiger charge is -2.28. The average molecular weight is 275 g/mol. The van der Waals surface area contributed by atoms with E-state index in [4.69, 9.17) is 0 Å². The Hall–Kier alpha value is -1.35. The maximum atomic E-state index is 11.9. The van der Waals surface area contributed by atoms with Gasteiger partial charge in [-0.15, -0.1) is 0 Å². The molecule has 110 valence electrons. The summed E-state index contributed by atoms with van der Waals surface area (Å²) in [6, 6.07) is 9.35. The van der Waals surface area contributed by atoms with Crippen molar-refractivity contribution in [2.75, 3.05) is 6.54 Å². The molecule has 1 fully saturated rings. The second-order valence-electron chi connectivity index (χ2n) is 5.96. The third kappa shape index (κ3) is 4.34. The first-order valence-electron chi connectivity index (χ1n) is 7.66. The first-order valence-corrected chi connectivity index (χ1v) is 7.66. The number of amides is 1. The number of hydrogen-bond acceptors (Lipinski definition) is 2. The molecule has 2 rings (SSSR count). The zero-order chi connectivity index (χ0) is 14.4. The normalized spacial score (nSPS) is 24.1. The number of aliphatic hydroxyl groups is 1. The van der Waals surface area contributed by atoms with E-state index in [-0.39, 0.29) is 12.3 Å². The Bertz CT molecular complexity index is 418. The van der Waals surface area contributed by atoms with Gasteiger partial charge >= 0.3 is 0 Å². The molecule has 1 aromatic carbocycles. The van der Waals surface area contributed by atoms with Crippen molar-refractivity contribution in [1.29, 1.82) is 0 Å². The summed E-state index contributed by atoms with van der Waals surface area (Å²) in [5.41, 5.74) is 0.800. The Kier molecular flexibility index (Phi) is 5.60. The van der Waals surface area contributed by atoms with Crippen LogP contribution < -0.4 is 5.32 Å². The number of carbonyl (C=O) groups excluding carboxylic acids is 1. The van der Waals surface area contributed by atoms with E-state index in [1.165, 1.54) is 25.7 Å². The minimum atomic E-state index is -0.708. The first-order chi connectivity index (χ1) is 9.66. The van der Waals surface area contributed by atoms with Crippen LogP contribution in [0.3, 0.4) is 0 Å². The van der Waals surface area contributed by atoms with Crippen LogP contribution in [-0.4, -0.2) is 17.6 Å². The van der Waals surface area contributed by atoms with Crippen molar-refractivity contribution in [3.63, 3.8) is 0 Å². The lowest BCUT2D eigenvalue weighted by atomic mass is 9.80. The molecule has 1 aromatic rings. The lowest BCUT2D eigenvalue weighted by Crippen LogP contribution is -2.34. The van der Waals surface area contributed by atoms with Crippen LogP contribution in [0.2, 0.25) is 0 Å². The minimum Gasteiger partial charge on any atom is -0.388 e. The Labute approximate surface area is 121 Å². The van der Waals surface area contributed by atoms with Crippen LogP contribution in [0, 0.1) is 11.8 Å². The highest BCUT2D eigenvalue weighted by atomic mass is 16.3. The van der Waals surface area contributed by atoms with Crippen molar-refractivity contribution in [3.8, 4) is 0 Å². The molecule has 0 bridgehead atoms. The molecule has 0 aliphatic heterocycles. The van der Waals surface area contributed by atoms with Crippen molar-refractivity contribution in [2.24, 2.45) is 11.8 Å². The molecule has 0 heterocycles. The smallest absolute Gasteiger partial charge is 0.222 e. The molecule has 3 heteroatoms. The second kappa shape index (κ2) is 7.44.